The number of carbonyl (C=O) groups excluding carboxylic acids is 1. The average molecular weight is 430 g/mol. The maximum Gasteiger partial charge on any atom is 0.270 e. The Morgan fingerprint density at radius 1 is 1.37 bits per heavy atom. The normalized spacial score (nSPS) is 14.8. The summed E-state index contributed by atoms with van der Waals surface area (Å²) in [6.45, 7) is 6.89. The molecule has 30 heavy (non-hydrogen) atoms. The number of nitro benzene ring substituents is 1. The third-order valence-corrected chi connectivity index (χ3v) is 6.31. The fourth-order valence-corrected chi connectivity index (χ4v) is 4.51. The van der Waals surface area contributed by atoms with Crippen LogP contribution in [-0.2, 0) is 4.74 Å². The van der Waals surface area contributed by atoms with Crippen LogP contribution in [0.1, 0.15) is 21.8 Å². The van der Waals surface area contributed by atoms with Crippen molar-refractivity contribution in [3.05, 3.63) is 51.1 Å². The fraction of sp³-hybridized carbons (Fsp3) is 0.400. The Hall–Kier alpha value is -2.82. The summed E-state index contributed by atoms with van der Waals surface area (Å²) >= 11 is 1.32. The molecule has 1 fully saturated rings. The van der Waals surface area contributed by atoms with Gasteiger partial charge in [-0.3, -0.25) is 24.2 Å². The quantitative estimate of drug-likeness (QED) is 0.352. The fourth-order valence-electron chi connectivity index (χ4n) is 3.49. The third kappa shape index (κ3) is 4.35. The number of nitrogens with one attached hydrogen (secondary N) is 1. The Balaban J connectivity index is 1.41. The molecule has 4 rings (SSSR count). The summed E-state index contributed by atoms with van der Waals surface area (Å²) < 4.78 is 7.20. The highest BCUT2D eigenvalue weighted by Crippen LogP contribution is 2.28. The summed E-state index contributed by atoms with van der Waals surface area (Å²) in [5.41, 5.74) is 2.15. The van der Waals surface area contributed by atoms with Gasteiger partial charge in [-0.2, -0.15) is 0 Å². The number of rotatable bonds is 7. The van der Waals surface area contributed by atoms with Crippen molar-refractivity contribution in [2.75, 3.05) is 39.4 Å². The molecule has 1 aliphatic rings. The van der Waals surface area contributed by atoms with Crippen molar-refractivity contribution in [3.63, 3.8) is 0 Å². The second-order valence-electron chi connectivity index (χ2n) is 7.17. The lowest BCUT2D eigenvalue weighted by Crippen LogP contribution is -2.38. The molecule has 0 bridgehead atoms. The summed E-state index contributed by atoms with van der Waals surface area (Å²) in [5, 5.41) is 14.0. The van der Waals surface area contributed by atoms with E-state index in [2.05, 4.69) is 15.2 Å². The SMILES string of the molecule is Cc1c(C(=O)NCCCN2CCOCC2)sc2nc(-c3cccc([N+](=O)[O-])c3)cn12. The van der Waals surface area contributed by atoms with E-state index in [0.717, 1.165) is 45.0 Å². The molecule has 3 aromatic rings. The zero-order valence-electron chi connectivity index (χ0n) is 16.7. The van der Waals surface area contributed by atoms with E-state index >= 15 is 0 Å². The second-order valence-corrected chi connectivity index (χ2v) is 8.14. The highest BCUT2D eigenvalue weighted by molar-refractivity contribution is 7.19. The first-order valence-corrected chi connectivity index (χ1v) is 10.7. The van der Waals surface area contributed by atoms with Crippen molar-refractivity contribution in [1.82, 2.24) is 19.6 Å². The Bertz CT molecular complexity index is 1070. The van der Waals surface area contributed by atoms with Gasteiger partial charge in [0.15, 0.2) is 4.96 Å². The first-order chi connectivity index (χ1) is 14.5. The molecule has 0 atom stereocenters. The van der Waals surface area contributed by atoms with Gasteiger partial charge < -0.3 is 10.1 Å². The van der Waals surface area contributed by atoms with E-state index in [-0.39, 0.29) is 11.6 Å². The van der Waals surface area contributed by atoms with Gasteiger partial charge in [0.1, 0.15) is 4.88 Å². The standard InChI is InChI=1S/C20H23N5O4S/c1-14-18(19(26)21-6-3-7-23-8-10-29-11-9-23)30-20-22-17(13-24(14)20)15-4-2-5-16(12-15)25(27)28/h2,4-5,12-13H,3,6-11H2,1H3,(H,21,26). The third-order valence-electron chi connectivity index (χ3n) is 5.16. The van der Waals surface area contributed by atoms with Crippen LogP contribution >= 0.6 is 11.3 Å². The van der Waals surface area contributed by atoms with Crippen molar-refractivity contribution in [1.29, 1.82) is 0 Å². The van der Waals surface area contributed by atoms with Gasteiger partial charge in [0.25, 0.3) is 11.6 Å². The van der Waals surface area contributed by atoms with Gasteiger partial charge in [0, 0.05) is 49.2 Å². The van der Waals surface area contributed by atoms with Gasteiger partial charge in [-0.05, 0) is 19.9 Å². The number of nitrogens with zero attached hydrogens (tertiary/aromatic N) is 4. The number of ether oxygens (including phenoxy) is 1. The van der Waals surface area contributed by atoms with E-state index in [0.29, 0.717) is 27.6 Å². The van der Waals surface area contributed by atoms with Crippen LogP contribution in [0.4, 0.5) is 5.69 Å². The zero-order chi connectivity index (χ0) is 21.1. The topological polar surface area (TPSA) is 102 Å². The summed E-state index contributed by atoms with van der Waals surface area (Å²) in [7, 11) is 0. The van der Waals surface area contributed by atoms with E-state index in [1.54, 1.807) is 12.1 Å². The number of morpholine rings is 1. The van der Waals surface area contributed by atoms with Crippen LogP contribution in [0.25, 0.3) is 16.2 Å². The molecule has 1 aromatic carbocycles. The lowest BCUT2D eigenvalue weighted by Gasteiger charge is -2.26. The number of carbonyl (C=O) groups is 1. The van der Waals surface area contributed by atoms with E-state index < -0.39 is 4.92 Å². The summed E-state index contributed by atoms with van der Waals surface area (Å²) in [6.07, 6.45) is 2.71. The van der Waals surface area contributed by atoms with Gasteiger partial charge in [-0.1, -0.05) is 23.5 Å². The van der Waals surface area contributed by atoms with Crippen LogP contribution in [0, 0.1) is 17.0 Å². The second kappa shape index (κ2) is 8.90. The van der Waals surface area contributed by atoms with Crippen molar-refractivity contribution in [3.8, 4) is 11.3 Å². The van der Waals surface area contributed by atoms with Gasteiger partial charge >= 0.3 is 0 Å². The number of non-ortho nitro benzene ring substituents is 1. The molecule has 10 heteroatoms. The molecule has 0 saturated carbocycles. The van der Waals surface area contributed by atoms with Crippen LogP contribution in [0.2, 0.25) is 0 Å². The summed E-state index contributed by atoms with van der Waals surface area (Å²) in [5.74, 6) is -0.0955. The maximum absolute atomic E-state index is 12.6. The number of hydrogen-bond donors (Lipinski definition) is 1. The molecule has 9 nitrogen and oxygen atoms in total. The molecule has 1 saturated heterocycles. The molecule has 0 radical (unpaired) electrons. The van der Waals surface area contributed by atoms with Crippen molar-refractivity contribution < 1.29 is 14.5 Å². The summed E-state index contributed by atoms with van der Waals surface area (Å²) in [4.78, 5) is 31.4. The number of aromatic nitrogens is 2. The van der Waals surface area contributed by atoms with Gasteiger partial charge in [0.2, 0.25) is 0 Å². The number of benzene rings is 1. The Morgan fingerprint density at radius 2 is 2.17 bits per heavy atom. The highest BCUT2D eigenvalue weighted by atomic mass is 32.1. The molecule has 1 amide bonds. The molecule has 0 aliphatic carbocycles. The molecule has 0 spiro atoms. The number of hydrogen-bond acceptors (Lipinski definition) is 7. The van der Waals surface area contributed by atoms with Crippen LogP contribution in [-0.4, -0.2) is 64.5 Å². The number of aryl methyl sites for hydroxylation is 1. The molecule has 1 N–H and O–H groups in total. The number of thiazole rings is 1. The van der Waals surface area contributed by atoms with E-state index in [1.807, 2.05) is 17.5 Å². The Kier molecular flexibility index (Phi) is 6.07. The predicted octanol–water partition coefficient (Wildman–Crippen LogP) is 2.73. The maximum atomic E-state index is 12.6. The molecule has 0 unspecified atom stereocenters. The smallest absolute Gasteiger partial charge is 0.270 e. The summed E-state index contributed by atoms with van der Waals surface area (Å²) in [6, 6.07) is 6.39. The first-order valence-electron chi connectivity index (χ1n) is 9.84. The molecule has 158 valence electrons. The van der Waals surface area contributed by atoms with Gasteiger partial charge in [-0.25, -0.2) is 4.98 Å². The minimum atomic E-state index is -0.422. The minimum absolute atomic E-state index is 0.0257. The van der Waals surface area contributed by atoms with E-state index in [1.165, 1.54) is 23.5 Å². The van der Waals surface area contributed by atoms with E-state index in [9.17, 15) is 14.9 Å². The highest BCUT2D eigenvalue weighted by Gasteiger charge is 2.19. The number of fused-ring (bicyclic) bond motifs is 1. The van der Waals surface area contributed by atoms with Gasteiger partial charge in [0.05, 0.1) is 23.8 Å². The molecular formula is C20H23N5O4S. The molecular weight excluding hydrogens is 406 g/mol. The predicted molar refractivity (Wildman–Crippen MR) is 114 cm³/mol. The van der Waals surface area contributed by atoms with Crippen molar-refractivity contribution in [2.24, 2.45) is 0 Å². The Labute approximate surface area is 177 Å². The monoisotopic (exact) mass is 429 g/mol. The minimum Gasteiger partial charge on any atom is -0.379 e. The number of imidazole rings is 1. The number of amides is 1. The van der Waals surface area contributed by atoms with Crippen LogP contribution < -0.4 is 5.32 Å². The van der Waals surface area contributed by atoms with Crippen LogP contribution in [0.5, 0.6) is 0 Å². The molecule has 2 aromatic heterocycles. The first kappa shape index (κ1) is 20.5. The van der Waals surface area contributed by atoms with Crippen molar-refractivity contribution >= 4 is 27.9 Å². The lowest BCUT2D eigenvalue weighted by atomic mass is 10.1. The zero-order valence-corrected chi connectivity index (χ0v) is 17.5. The molecule has 1 aliphatic heterocycles. The molecule has 3 heterocycles. The lowest BCUT2D eigenvalue weighted by molar-refractivity contribution is -0.384. The average Bonchev–Trinajstić information content (AvgIpc) is 3.31. The Morgan fingerprint density at radius 3 is 2.90 bits per heavy atom. The number of nitro groups is 1. The van der Waals surface area contributed by atoms with Gasteiger partial charge in [-0.15, -0.1) is 0 Å². The van der Waals surface area contributed by atoms with Crippen LogP contribution in [0.15, 0.2) is 30.5 Å². The largest absolute Gasteiger partial charge is 0.379 e. The van der Waals surface area contributed by atoms with Crippen molar-refractivity contribution in [2.45, 2.75) is 13.3 Å². The van der Waals surface area contributed by atoms with Crippen LogP contribution in [0.3, 0.4) is 0 Å². The van der Waals surface area contributed by atoms with E-state index in [4.69, 9.17) is 4.74 Å².